The van der Waals surface area contributed by atoms with E-state index in [2.05, 4.69) is 40.6 Å². The molecule has 0 aliphatic rings. The Labute approximate surface area is 169 Å². The van der Waals surface area contributed by atoms with Crippen molar-refractivity contribution in [2.45, 2.75) is 18.2 Å². The summed E-state index contributed by atoms with van der Waals surface area (Å²) in [5.74, 6) is 3.33. The standard InChI is InChI=1S/C20H36N4O2S/c1-17(16-27-19-10-7-6-9-18(19)26-5)15-23-20(21-2)22-11-13-24(3)12-8-14-25-4/h6-7,9-10,17H,8,11-16H2,1-5H3,(H2,21,22,23). The zero-order valence-electron chi connectivity index (χ0n) is 17.5. The van der Waals surface area contributed by atoms with Crippen molar-refractivity contribution in [3.8, 4) is 5.75 Å². The molecule has 6 nitrogen and oxygen atoms in total. The molecule has 27 heavy (non-hydrogen) atoms. The van der Waals surface area contributed by atoms with E-state index in [9.17, 15) is 0 Å². The van der Waals surface area contributed by atoms with Crippen molar-refractivity contribution in [3.05, 3.63) is 24.3 Å². The minimum atomic E-state index is 0.509. The van der Waals surface area contributed by atoms with Gasteiger partial charge in [0.25, 0.3) is 0 Å². The van der Waals surface area contributed by atoms with Crippen molar-refractivity contribution >= 4 is 17.7 Å². The molecule has 1 rings (SSSR count). The lowest BCUT2D eigenvalue weighted by Crippen LogP contribution is -2.42. The van der Waals surface area contributed by atoms with Gasteiger partial charge in [-0.3, -0.25) is 4.99 Å². The predicted octanol–water partition coefficient (Wildman–Crippen LogP) is 2.56. The third-order valence-corrected chi connectivity index (χ3v) is 5.49. The topological polar surface area (TPSA) is 58.1 Å². The van der Waals surface area contributed by atoms with Gasteiger partial charge in [0, 0.05) is 57.6 Å². The second kappa shape index (κ2) is 14.6. The van der Waals surface area contributed by atoms with Crippen LogP contribution in [0.2, 0.25) is 0 Å². The molecule has 0 amide bonds. The van der Waals surface area contributed by atoms with E-state index in [1.165, 1.54) is 4.90 Å². The molecule has 1 aromatic rings. The SMILES string of the molecule is CN=C(NCCN(C)CCCOC)NCC(C)CSc1ccccc1OC. The number of para-hydroxylation sites is 1. The maximum atomic E-state index is 5.41. The molecule has 0 bridgehead atoms. The summed E-state index contributed by atoms with van der Waals surface area (Å²) in [4.78, 5) is 7.79. The van der Waals surface area contributed by atoms with Gasteiger partial charge in [-0.25, -0.2) is 0 Å². The summed E-state index contributed by atoms with van der Waals surface area (Å²) < 4.78 is 10.5. The molecule has 1 unspecified atom stereocenters. The molecular weight excluding hydrogens is 360 g/mol. The third-order valence-electron chi connectivity index (χ3n) is 4.11. The number of nitrogens with one attached hydrogen (secondary N) is 2. The van der Waals surface area contributed by atoms with Crippen LogP contribution < -0.4 is 15.4 Å². The number of ether oxygens (including phenoxy) is 2. The smallest absolute Gasteiger partial charge is 0.191 e. The zero-order valence-corrected chi connectivity index (χ0v) is 18.3. The molecule has 0 heterocycles. The molecule has 0 aromatic heterocycles. The molecule has 0 aliphatic carbocycles. The Hall–Kier alpha value is -1.44. The fourth-order valence-electron chi connectivity index (χ4n) is 2.48. The van der Waals surface area contributed by atoms with Gasteiger partial charge in [-0.1, -0.05) is 19.1 Å². The molecule has 154 valence electrons. The highest BCUT2D eigenvalue weighted by Crippen LogP contribution is 2.29. The number of benzene rings is 1. The molecule has 2 N–H and O–H groups in total. The summed E-state index contributed by atoms with van der Waals surface area (Å²) >= 11 is 1.83. The first-order valence-corrected chi connectivity index (χ1v) is 10.5. The van der Waals surface area contributed by atoms with Gasteiger partial charge in [0.1, 0.15) is 5.75 Å². The van der Waals surface area contributed by atoms with Crippen molar-refractivity contribution < 1.29 is 9.47 Å². The van der Waals surface area contributed by atoms with Crippen LogP contribution in [0.25, 0.3) is 0 Å². The Morgan fingerprint density at radius 3 is 2.70 bits per heavy atom. The molecule has 0 radical (unpaired) electrons. The van der Waals surface area contributed by atoms with Gasteiger partial charge < -0.3 is 25.0 Å². The van der Waals surface area contributed by atoms with Gasteiger partial charge in [-0.2, -0.15) is 0 Å². The van der Waals surface area contributed by atoms with Gasteiger partial charge >= 0.3 is 0 Å². The third kappa shape index (κ3) is 10.5. The van der Waals surface area contributed by atoms with Crippen LogP contribution in [0.3, 0.4) is 0 Å². The molecule has 0 fully saturated rings. The van der Waals surface area contributed by atoms with E-state index in [0.29, 0.717) is 5.92 Å². The highest BCUT2D eigenvalue weighted by molar-refractivity contribution is 7.99. The second-order valence-electron chi connectivity index (χ2n) is 6.60. The lowest BCUT2D eigenvalue weighted by Gasteiger charge is -2.19. The lowest BCUT2D eigenvalue weighted by molar-refractivity contribution is 0.180. The Balaban J connectivity index is 2.23. The van der Waals surface area contributed by atoms with Crippen molar-refractivity contribution in [2.75, 3.05) is 66.9 Å². The maximum absolute atomic E-state index is 5.41. The minimum absolute atomic E-state index is 0.509. The van der Waals surface area contributed by atoms with Crippen LogP contribution >= 0.6 is 11.8 Å². The highest BCUT2D eigenvalue weighted by atomic mass is 32.2. The van der Waals surface area contributed by atoms with Gasteiger partial charge in [0.05, 0.1) is 7.11 Å². The number of methoxy groups -OCH3 is 2. The fraction of sp³-hybridized carbons (Fsp3) is 0.650. The Bertz CT molecular complexity index is 542. The average molecular weight is 397 g/mol. The number of hydrogen-bond acceptors (Lipinski definition) is 5. The van der Waals surface area contributed by atoms with Crippen molar-refractivity contribution in [1.29, 1.82) is 0 Å². The summed E-state index contributed by atoms with van der Waals surface area (Å²) in [6.07, 6.45) is 1.06. The van der Waals surface area contributed by atoms with Crippen LogP contribution in [0, 0.1) is 5.92 Å². The molecule has 7 heteroatoms. The second-order valence-corrected chi connectivity index (χ2v) is 7.66. The van der Waals surface area contributed by atoms with Crippen LogP contribution in [0.5, 0.6) is 5.75 Å². The minimum Gasteiger partial charge on any atom is -0.496 e. The normalized spacial score (nSPS) is 12.9. The summed E-state index contributed by atoms with van der Waals surface area (Å²) in [5.41, 5.74) is 0. The predicted molar refractivity (Wildman–Crippen MR) is 116 cm³/mol. The quantitative estimate of drug-likeness (QED) is 0.231. The molecule has 0 spiro atoms. The number of rotatable bonds is 13. The average Bonchev–Trinajstić information content (AvgIpc) is 2.69. The van der Waals surface area contributed by atoms with E-state index in [0.717, 1.165) is 56.7 Å². The Morgan fingerprint density at radius 2 is 2.00 bits per heavy atom. The van der Waals surface area contributed by atoms with Crippen LogP contribution in [-0.2, 0) is 4.74 Å². The van der Waals surface area contributed by atoms with Gasteiger partial charge in [0.15, 0.2) is 5.96 Å². The lowest BCUT2D eigenvalue weighted by atomic mass is 10.2. The molecule has 0 saturated heterocycles. The number of likely N-dealkylation sites (N-methyl/N-ethyl adjacent to an activating group) is 1. The monoisotopic (exact) mass is 396 g/mol. The summed E-state index contributed by atoms with van der Waals surface area (Å²) in [5, 5.41) is 6.79. The summed E-state index contributed by atoms with van der Waals surface area (Å²) in [6.45, 7) is 6.82. The van der Waals surface area contributed by atoms with E-state index in [-0.39, 0.29) is 0 Å². The zero-order chi connectivity index (χ0) is 19.9. The first kappa shape index (κ1) is 23.6. The number of guanidine groups is 1. The highest BCUT2D eigenvalue weighted by Gasteiger charge is 2.08. The van der Waals surface area contributed by atoms with E-state index in [4.69, 9.17) is 9.47 Å². The molecule has 1 atom stereocenters. The summed E-state index contributed by atoms with van der Waals surface area (Å²) in [6, 6.07) is 8.15. The molecular formula is C20H36N4O2S. The number of hydrogen-bond donors (Lipinski definition) is 2. The van der Waals surface area contributed by atoms with Crippen LogP contribution in [-0.4, -0.2) is 77.7 Å². The Kier molecular flexibility index (Phi) is 12.8. The van der Waals surface area contributed by atoms with Crippen LogP contribution in [0.4, 0.5) is 0 Å². The maximum Gasteiger partial charge on any atom is 0.191 e. The Morgan fingerprint density at radius 1 is 1.22 bits per heavy atom. The first-order valence-electron chi connectivity index (χ1n) is 9.48. The van der Waals surface area contributed by atoms with E-state index < -0.39 is 0 Å². The first-order chi connectivity index (χ1) is 13.1. The molecule has 0 aliphatic heterocycles. The van der Waals surface area contributed by atoms with E-state index in [1.54, 1.807) is 14.2 Å². The van der Waals surface area contributed by atoms with Crippen molar-refractivity contribution in [3.63, 3.8) is 0 Å². The largest absolute Gasteiger partial charge is 0.496 e. The number of thioether (sulfide) groups is 1. The van der Waals surface area contributed by atoms with Crippen molar-refractivity contribution in [2.24, 2.45) is 10.9 Å². The van der Waals surface area contributed by atoms with E-state index in [1.807, 2.05) is 37.0 Å². The summed E-state index contributed by atoms with van der Waals surface area (Å²) in [7, 11) is 7.40. The van der Waals surface area contributed by atoms with Crippen LogP contribution in [0.15, 0.2) is 34.2 Å². The van der Waals surface area contributed by atoms with Gasteiger partial charge in [0.2, 0.25) is 0 Å². The molecule has 1 aromatic carbocycles. The van der Waals surface area contributed by atoms with Crippen molar-refractivity contribution in [1.82, 2.24) is 15.5 Å². The number of nitrogens with zero attached hydrogens (tertiary/aromatic N) is 2. The fourth-order valence-corrected chi connectivity index (χ4v) is 3.53. The van der Waals surface area contributed by atoms with Gasteiger partial charge in [-0.05, 0) is 31.5 Å². The van der Waals surface area contributed by atoms with Crippen LogP contribution in [0.1, 0.15) is 13.3 Å². The van der Waals surface area contributed by atoms with Gasteiger partial charge in [-0.15, -0.1) is 11.8 Å². The van der Waals surface area contributed by atoms with E-state index >= 15 is 0 Å². The molecule has 0 saturated carbocycles. The number of aliphatic imine (C=N–C) groups is 1.